The van der Waals surface area contributed by atoms with E-state index < -0.39 is 0 Å². The van der Waals surface area contributed by atoms with E-state index in [4.69, 9.17) is 0 Å². The number of aliphatic hydroxyl groups excluding tert-OH is 2. The molecule has 1 saturated heterocycles. The fourth-order valence-electron chi connectivity index (χ4n) is 1.69. The van der Waals surface area contributed by atoms with Gasteiger partial charge in [-0.05, 0) is 6.42 Å². The van der Waals surface area contributed by atoms with Crippen molar-refractivity contribution in [2.75, 3.05) is 0 Å². The van der Waals surface area contributed by atoms with Crippen LogP contribution < -0.4 is 10.9 Å². The van der Waals surface area contributed by atoms with E-state index in [1.54, 1.807) is 0 Å². The topological polar surface area (TPSA) is 64.5 Å². The number of hydrazine groups is 1. The molecule has 0 aromatic rings. The van der Waals surface area contributed by atoms with Crippen LogP contribution in [-0.4, -0.2) is 34.5 Å². The minimum atomic E-state index is -0.388. The van der Waals surface area contributed by atoms with Gasteiger partial charge in [-0.2, -0.15) is 0 Å². The van der Waals surface area contributed by atoms with E-state index in [1.807, 2.05) is 0 Å². The van der Waals surface area contributed by atoms with Gasteiger partial charge in [-0.25, -0.2) is 0 Å². The van der Waals surface area contributed by atoms with Gasteiger partial charge in [0.2, 0.25) is 0 Å². The number of rotatable bonds is 0. The molecule has 0 amide bonds. The number of hydrogen-bond acceptors (Lipinski definition) is 4. The summed E-state index contributed by atoms with van der Waals surface area (Å²) in [6, 6.07) is 0.293. The highest BCUT2D eigenvalue weighted by Gasteiger charge is 2.39. The van der Waals surface area contributed by atoms with Crippen LogP contribution in [0, 0.1) is 0 Å². The monoisotopic (exact) mass is 144 g/mol. The highest BCUT2D eigenvalue weighted by Crippen LogP contribution is 2.22. The molecule has 4 atom stereocenters. The van der Waals surface area contributed by atoms with Gasteiger partial charge in [-0.3, -0.25) is 10.9 Å². The molecular formula is C6H12N2O2. The Balaban J connectivity index is 2.09. The molecule has 10 heavy (non-hydrogen) atoms. The molecule has 58 valence electrons. The predicted molar refractivity (Wildman–Crippen MR) is 35.1 cm³/mol. The summed E-state index contributed by atoms with van der Waals surface area (Å²) in [6.07, 6.45) is 0.556. The largest absolute Gasteiger partial charge is 0.391 e. The summed E-state index contributed by atoms with van der Waals surface area (Å²) in [7, 11) is 0. The molecule has 4 unspecified atom stereocenters. The number of aliphatic hydroxyl groups is 2. The van der Waals surface area contributed by atoms with Gasteiger partial charge in [-0.15, -0.1) is 0 Å². The van der Waals surface area contributed by atoms with Crippen LogP contribution in [-0.2, 0) is 0 Å². The average Bonchev–Trinajstić information content (AvgIpc) is 2.28. The minimum Gasteiger partial charge on any atom is -0.391 e. The van der Waals surface area contributed by atoms with Crippen LogP contribution in [0.4, 0.5) is 0 Å². The Bertz CT molecular complexity index is 128. The van der Waals surface area contributed by atoms with E-state index in [2.05, 4.69) is 10.9 Å². The van der Waals surface area contributed by atoms with Gasteiger partial charge >= 0.3 is 0 Å². The Labute approximate surface area is 59.2 Å². The average molecular weight is 144 g/mol. The zero-order chi connectivity index (χ0) is 7.14. The number of nitrogens with one attached hydrogen (secondary N) is 2. The fourth-order valence-corrected chi connectivity index (χ4v) is 1.69. The molecule has 0 aromatic carbocycles. The third-order valence-corrected chi connectivity index (χ3v) is 2.37. The van der Waals surface area contributed by atoms with Crippen molar-refractivity contribution in [3.63, 3.8) is 0 Å². The van der Waals surface area contributed by atoms with Gasteiger partial charge in [0.25, 0.3) is 0 Å². The van der Waals surface area contributed by atoms with Gasteiger partial charge in [0.05, 0.1) is 12.2 Å². The lowest BCUT2D eigenvalue weighted by Gasteiger charge is -2.26. The third kappa shape index (κ3) is 0.845. The molecule has 4 N–H and O–H groups in total. The summed E-state index contributed by atoms with van der Waals surface area (Å²) in [5.74, 6) is 0. The van der Waals surface area contributed by atoms with E-state index in [0.717, 1.165) is 6.42 Å². The first kappa shape index (κ1) is 6.54. The van der Waals surface area contributed by atoms with Crippen molar-refractivity contribution in [3.8, 4) is 0 Å². The SMILES string of the molecule is OC1CC(O)C2CC1NN2. The molecule has 2 fully saturated rings. The molecule has 2 rings (SSSR count). The predicted octanol–water partition coefficient (Wildman–Crippen LogP) is -1.65. The Morgan fingerprint density at radius 3 is 1.90 bits per heavy atom. The second-order valence-corrected chi connectivity index (χ2v) is 3.11. The lowest BCUT2D eigenvalue weighted by Crippen LogP contribution is -2.41. The summed E-state index contributed by atoms with van der Waals surface area (Å²) in [5.41, 5.74) is 5.88. The normalized spacial score (nSPS) is 53.4. The standard InChI is InChI=1S/C6H12N2O2/c9-5-2-6(10)4-1-3(5)7-8-4/h3-10H,1-2H2. The molecule has 1 aliphatic carbocycles. The highest BCUT2D eigenvalue weighted by molar-refractivity contribution is 4.96. The summed E-state index contributed by atoms with van der Waals surface area (Å²) >= 11 is 0. The maximum Gasteiger partial charge on any atom is 0.0732 e. The Kier molecular flexibility index (Phi) is 1.42. The highest BCUT2D eigenvalue weighted by atomic mass is 16.3. The second kappa shape index (κ2) is 2.17. The van der Waals surface area contributed by atoms with Crippen LogP contribution >= 0.6 is 0 Å². The first-order valence-corrected chi connectivity index (χ1v) is 3.64. The van der Waals surface area contributed by atoms with Crippen LogP contribution in [0.2, 0.25) is 0 Å². The molecule has 1 saturated carbocycles. The van der Waals surface area contributed by atoms with E-state index in [0.29, 0.717) is 6.42 Å². The molecular weight excluding hydrogens is 132 g/mol. The van der Waals surface area contributed by atoms with Crippen molar-refractivity contribution < 1.29 is 10.2 Å². The summed E-state index contributed by atoms with van der Waals surface area (Å²) in [6.45, 7) is 0. The van der Waals surface area contributed by atoms with Gasteiger partial charge in [-0.1, -0.05) is 0 Å². The van der Waals surface area contributed by atoms with E-state index in [1.165, 1.54) is 0 Å². The summed E-state index contributed by atoms with van der Waals surface area (Å²) < 4.78 is 0. The molecule has 4 heteroatoms. The Morgan fingerprint density at radius 2 is 1.40 bits per heavy atom. The lowest BCUT2D eigenvalue weighted by atomic mass is 9.89. The van der Waals surface area contributed by atoms with E-state index >= 15 is 0 Å². The van der Waals surface area contributed by atoms with Crippen LogP contribution in [0.15, 0.2) is 0 Å². The van der Waals surface area contributed by atoms with Crippen molar-refractivity contribution in [2.24, 2.45) is 0 Å². The fraction of sp³-hybridized carbons (Fsp3) is 1.00. The first-order chi connectivity index (χ1) is 4.77. The van der Waals surface area contributed by atoms with Crippen molar-refractivity contribution in [2.45, 2.75) is 37.1 Å². The zero-order valence-corrected chi connectivity index (χ0v) is 5.62. The van der Waals surface area contributed by atoms with Crippen LogP contribution in [0.1, 0.15) is 12.8 Å². The van der Waals surface area contributed by atoms with E-state index in [-0.39, 0.29) is 24.3 Å². The summed E-state index contributed by atoms with van der Waals surface area (Å²) in [5, 5.41) is 18.6. The molecule has 2 bridgehead atoms. The van der Waals surface area contributed by atoms with E-state index in [9.17, 15) is 10.2 Å². The molecule has 4 nitrogen and oxygen atoms in total. The zero-order valence-electron chi connectivity index (χ0n) is 5.62. The molecule has 2 aliphatic rings. The van der Waals surface area contributed by atoms with Crippen molar-refractivity contribution in [3.05, 3.63) is 0 Å². The third-order valence-electron chi connectivity index (χ3n) is 2.37. The molecule has 1 aliphatic heterocycles. The Morgan fingerprint density at radius 1 is 0.900 bits per heavy atom. The maximum absolute atomic E-state index is 9.30. The smallest absolute Gasteiger partial charge is 0.0732 e. The second-order valence-electron chi connectivity index (χ2n) is 3.11. The van der Waals surface area contributed by atoms with Gasteiger partial charge in [0.1, 0.15) is 0 Å². The van der Waals surface area contributed by atoms with Crippen LogP contribution in [0.3, 0.4) is 0 Å². The summed E-state index contributed by atoms with van der Waals surface area (Å²) in [4.78, 5) is 0. The number of hydrogen-bond donors (Lipinski definition) is 4. The molecule has 0 spiro atoms. The molecule has 1 heterocycles. The van der Waals surface area contributed by atoms with Crippen molar-refractivity contribution in [1.29, 1.82) is 0 Å². The van der Waals surface area contributed by atoms with Gasteiger partial charge in [0.15, 0.2) is 0 Å². The van der Waals surface area contributed by atoms with Crippen LogP contribution in [0.5, 0.6) is 0 Å². The minimum absolute atomic E-state index is 0.147. The number of fused-ring (bicyclic) bond motifs is 2. The lowest BCUT2D eigenvalue weighted by molar-refractivity contribution is 0.0304. The van der Waals surface area contributed by atoms with Gasteiger partial charge in [0, 0.05) is 18.5 Å². The Hall–Kier alpha value is -0.160. The quantitative estimate of drug-likeness (QED) is 0.329. The van der Waals surface area contributed by atoms with Crippen molar-refractivity contribution >= 4 is 0 Å². The molecule has 0 aromatic heterocycles. The van der Waals surface area contributed by atoms with Crippen LogP contribution in [0.25, 0.3) is 0 Å². The van der Waals surface area contributed by atoms with Crippen molar-refractivity contribution in [1.82, 2.24) is 10.9 Å². The maximum atomic E-state index is 9.30. The van der Waals surface area contributed by atoms with Gasteiger partial charge < -0.3 is 10.2 Å². The first-order valence-electron chi connectivity index (χ1n) is 3.64. The molecule has 0 radical (unpaired) electrons.